The van der Waals surface area contributed by atoms with Gasteiger partial charge in [-0.1, -0.05) is 116 Å². The van der Waals surface area contributed by atoms with Gasteiger partial charge in [-0.15, -0.1) is 0 Å². The second kappa shape index (κ2) is 22.9. The van der Waals surface area contributed by atoms with Crippen LogP contribution in [0.5, 0.6) is 0 Å². The Bertz CT molecular complexity index is 3550. The third-order valence-corrected chi connectivity index (χ3v) is 15.0. The van der Waals surface area contributed by atoms with Gasteiger partial charge in [0.1, 0.15) is 34.9 Å². The van der Waals surface area contributed by atoms with Crippen molar-refractivity contribution in [3.05, 3.63) is 195 Å². The van der Waals surface area contributed by atoms with E-state index in [1.807, 2.05) is 103 Å². The van der Waals surface area contributed by atoms with E-state index in [2.05, 4.69) is 67.0 Å². The molecule has 2 atom stereocenters. The zero-order valence-electron chi connectivity index (χ0n) is 46.1. The van der Waals surface area contributed by atoms with E-state index in [0.717, 1.165) is 27.0 Å². The lowest BCUT2D eigenvalue weighted by molar-refractivity contribution is 0.00578. The molecule has 11 rings (SSSR count). The van der Waals surface area contributed by atoms with Crippen LogP contribution in [0.4, 0.5) is 26.3 Å². The fourth-order valence-corrected chi connectivity index (χ4v) is 9.43. The predicted octanol–water partition coefficient (Wildman–Crippen LogP) is 16.0. The molecule has 3 aliphatic heterocycles. The lowest BCUT2D eigenvalue weighted by atomic mass is 9.78. The third kappa shape index (κ3) is 12.6. The standard InChI is InChI=1S/C28H24F3N3O.C22H23BF3NO2.C12H13BrN2O/c1-28(2,3)27-33-26(35-34-27)17-9-7-16(8-10-17)18-11-12-19(22(31)15-18)23-13-14-24(32-23)25-20(29)5-4-6-21(25)30;1-21(2)22(3,4)29-23(28-21)13-8-9-14(17(26)12-13)18-10-11-19(27-18)20-15(24)6-5-7-16(20)25;1-12(2,3)11-14-10(16-15-11)8-4-6-9(13)7-5-8/h4-12,15,23H,13-14H2,1-3H3;5-9,12,18H,10-11H2,1-4H3;4-7H,1-3H3. The van der Waals surface area contributed by atoms with Crippen LogP contribution in [-0.2, 0) is 20.1 Å². The summed E-state index contributed by atoms with van der Waals surface area (Å²) in [5.74, 6) is -1.08. The topological polar surface area (TPSA) is 121 Å². The van der Waals surface area contributed by atoms with Gasteiger partial charge in [-0.2, -0.15) is 9.97 Å². The highest BCUT2D eigenvalue weighted by Crippen LogP contribution is 2.39. The Morgan fingerprint density at radius 1 is 0.487 bits per heavy atom. The molecule has 1 saturated heterocycles. The van der Waals surface area contributed by atoms with Crippen LogP contribution in [-0.4, -0.2) is 50.0 Å². The van der Waals surface area contributed by atoms with Gasteiger partial charge in [0.2, 0.25) is 0 Å². The van der Waals surface area contributed by atoms with Crippen molar-refractivity contribution in [3.63, 3.8) is 0 Å². The Kier molecular flexibility index (Phi) is 16.5. The number of nitrogens with zero attached hydrogens (tertiary/aromatic N) is 6. The van der Waals surface area contributed by atoms with Crippen molar-refractivity contribution in [3.8, 4) is 34.0 Å². The summed E-state index contributed by atoms with van der Waals surface area (Å²) in [5, 5.41) is 8.04. The van der Waals surface area contributed by atoms with Crippen LogP contribution in [0.3, 0.4) is 0 Å². The summed E-state index contributed by atoms with van der Waals surface area (Å²) in [6.07, 6.45) is 1.77. The van der Waals surface area contributed by atoms with Gasteiger partial charge >= 0.3 is 7.12 Å². The molecule has 1 fully saturated rings. The first-order valence-electron chi connectivity index (χ1n) is 26.3. The van der Waals surface area contributed by atoms with Gasteiger partial charge in [-0.3, -0.25) is 9.98 Å². The van der Waals surface area contributed by atoms with E-state index < -0.39 is 65.3 Å². The molecule has 2 aromatic heterocycles. The first-order chi connectivity index (χ1) is 37.8. The molecule has 0 amide bonds. The summed E-state index contributed by atoms with van der Waals surface area (Å²) in [4.78, 5) is 17.7. The minimum absolute atomic E-state index is 0.0862. The maximum absolute atomic E-state index is 15.1. The molecule has 0 aliphatic carbocycles. The van der Waals surface area contributed by atoms with Crippen molar-refractivity contribution < 1.29 is 44.7 Å². The number of rotatable bonds is 8. The maximum atomic E-state index is 15.1. The van der Waals surface area contributed by atoms with Crippen molar-refractivity contribution >= 4 is 39.9 Å². The summed E-state index contributed by atoms with van der Waals surface area (Å²) in [6.45, 7) is 20.0. The first-order valence-corrected chi connectivity index (χ1v) is 27.1. The monoisotopic (exact) mass is 1160 g/mol. The molecule has 8 aromatic rings. The second-order valence-corrected chi connectivity index (χ2v) is 23.9. The molecule has 0 radical (unpaired) electrons. The van der Waals surface area contributed by atoms with Crippen molar-refractivity contribution in [1.82, 2.24) is 20.3 Å². The Hall–Kier alpha value is -7.02. The van der Waals surface area contributed by atoms with E-state index in [4.69, 9.17) is 18.4 Å². The normalized spacial score (nSPS) is 17.6. The molecular weight excluding hydrogens is 1100 g/mol. The summed E-state index contributed by atoms with van der Waals surface area (Å²) in [6, 6.07) is 31.6. The number of aliphatic imine (C=N–C) groups is 2. The summed E-state index contributed by atoms with van der Waals surface area (Å²) < 4.78 is 110. The van der Waals surface area contributed by atoms with Crippen LogP contribution in [0.1, 0.15) is 141 Å². The molecular formula is C62H60BBrF6N6O4. The van der Waals surface area contributed by atoms with Gasteiger partial charge in [0, 0.05) is 49.0 Å². The summed E-state index contributed by atoms with van der Waals surface area (Å²) in [7, 11) is -0.654. The van der Waals surface area contributed by atoms with Crippen molar-refractivity contribution in [2.75, 3.05) is 0 Å². The minimum Gasteiger partial charge on any atom is -0.399 e. The molecule has 0 N–H and O–H groups in total. The zero-order valence-corrected chi connectivity index (χ0v) is 47.7. The SMILES string of the molecule is CC(C)(C)c1noc(-c2ccc(-c3ccc(C4CCC(c5c(F)cccc5F)=N4)c(F)c3)cc2)n1.CC(C)(C)c1noc(-c2ccc(Br)cc2)n1.CC1(C)OB(c2ccc(C3CCC(c4c(F)cccc4F)=N3)c(F)c2)OC1(C)C. The molecule has 0 bridgehead atoms. The zero-order chi connectivity index (χ0) is 57.5. The number of halogens is 7. The van der Waals surface area contributed by atoms with Crippen molar-refractivity contribution in [1.29, 1.82) is 0 Å². The van der Waals surface area contributed by atoms with Crippen LogP contribution in [0, 0.1) is 34.9 Å². The molecule has 80 heavy (non-hydrogen) atoms. The molecule has 10 nitrogen and oxygen atoms in total. The van der Waals surface area contributed by atoms with E-state index in [0.29, 0.717) is 76.9 Å². The minimum atomic E-state index is -0.654. The van der Waals surface area contributed by atoms with Crippen molar-refractivity contribution in [2.24, 2.45) is 9.98 Å². The van der Waals surface area contributed by atoms with Gasteiger partial charge in [0.25, 0.3) is 11.8 Å². The lowest BCUT2D eigenvalue weighted by Crippen LogP contribution is -2.41. The fraction of sp³-hybridized carbons (Fsp3) is 0.323. The van der Waals surface area contributed by atoms with E-state index in [1.165, 1.54) is 48.5 Å². The Morgan fingerprint density at radius 2 is 0.875 bits per heavy atom. The third-order valence-electron chi connectivity index (χ3n) is 14.5. The average molecular weight is 1160 g/mol. The number of hydrogen-bond acceptors (Lipinski definition) is 10. The van der Waals surface area contributed by atoms with Crippen LogP contribution >= 0.6 is 15.9 Å². The van der Waals surface area contributed by atoms with E-state index in [-0.39, 0.29) is 22.0 Å². The quantitative estimate of drug-likeness (QED) is 0.109. The van der Waals surface area contributed by atoms with Gasteiger partial charge in [0.05, 0.1) is 34.4 Å². The summed E-state index contributed by atoms with van der Waals surface area (Å²) in [5.41, 5.74) is 3.76. The van der Waals surface area contributed by atoms with E-state index >= 15 is 4.39 Å². The lowest BCUT2D eigenvalue weighted by Gasteiger charge is -2.32. The predicted molar refractivity (Wildman–Crippen MR) is 302 cm³/mol. The average Bonchev–Trinajstić information content (AvgIpc) is 4.30. The number of hydrogen-bond donors (Lipinski definition) is 0. The molecule has 0 saturated carbocycles. The van der Waals surface area contributed by atoms with Crippen LogP contribution in [0.25, 0.3) is 34.0 Å². The first kappa shape index (κ1) is 57.7. The van der Waals surface area contributed by atoms with Crippen LogP contribution in [0.15, 0.2) is 145 Å². The second-order valence-electron chi connectivity index (χ2n) is 23.0. The maximum Gasteiger partial charge on any atom is 0.494 e. The molecule has 5 heterocycles. The molecule has 18 heteroatoms. The Labute approximate surface area is 470 Å². The smallest absolute Gasteiger partial charge is 0.399 e. The summed E-state index contributed by atoms with van der Waals surface area (Å²) >= 11 is 3.39. The van der Waals surface area contributed by atoms with E-state index in [1.54, 1.807) is 18.2 Å². The fourth-order valence-electron chi connectivity index (χ4n) is 9.16. The Balaban J connectivity index is 0.000000155. The largest absolute Gasteiger partial charge is 0.494 e. The molecule has 6 aromatic carbocycles. The van der Waals surface area contributed by atoms with Gasteiger partial charge in [0.15, 0.2) is 11.6 Å². The highest BCUT2D eigenvalue weighted by molar-refractivity contribution is 9.10. The van der Waals surface area contributed by atoms with E-state index in [9.17, 15) is 22.0 Å². The molecule has 0 spiro atoms. The molecule has 414 valence electrons. The Morgan fingerprint density at radius 3 is 1.27 bits per heavy atom. The van der Waals surface area contributed by atoms with Gasteiger partial charge in [-0.25, -0.2) is 26.3 Å². The number of aromatic nitrogens is 4. The van der Waals surface area contributed by atoms with Crippen LogP contribution in [0.2, 0.25) is 0 Å². The number of benzene rings is 6. The highest BCUT2D eigenvalue weighted by Gasteiger charge is 2.52. The van der Waals surface area contributed by atoms with Gasteiger partial charge < -0.3 is 18.4 Å². The molecule has 3 aliphatic rings. The molecule has 2 unspecified atom stereocenters. The highest BCUT2D eigenvalue weighted by atomic mass is 79.9. The van der Waals surface area contributed by atoms with Crippen LogP contribution < -0.4 is 5.46 Å². The van der Waals surface area contributed by atoms with Crippen molar-refractivity contribution in [2.45, 2.75) is 129 Å². The van der Waals surface area contributed by atoms with Gasteiger partial charge in [-0.05, 0) is 143 Å².